The molecule has 1 heterocycles. The lowest BCUT2D eigenvalue weighted by Crippen LogP contribution is -2.47. The summed E-state index contributed by atoms with van der Waals surface area (Å²) in [5.74, 6) is 0.0359. The van der Waals surface area contributed by atoms with Gasteiger partial charge in [-0.25, -0.2) is 4.79 Å². The van der Waals surface area contributed by atoms with Crippen LogP contribution in [0.3, 0.4) is 0 Å². The molecule has 1 saturated heterocycles. The lowest BCUT2D eigenvalue weighted by Gasteiger charge is -2.37. The summed E-state index contributed by atoms with van der Waals surface area (Å²) in [5, 5.41) is 10.0. The Labute approximate surface area is 127 Å². The fourth-order valence-electron chi connectivity index (χ4n) is 2.27. The first-order chi connectivity index (χ1) is 9.83. The quantitative estimate of drug-likeness (QED) is 0.756. The number of amides is 1. The number of likely N-dealkylation sites (tertiary alicyclic amines) is 1. The van der Waals surface area contributed by atoms with Crippen LogP contribution in [0, 0.1) is 5.92 Å². The maximum Gasteiger partial charge on any atom is 0.410 e. The Kier molecular flexibility index (Phi) is 7.42. The van der Waals surface area contributed by atoms with E-state index < -0.39 is 5.60 Å². The zero-order chi connectivity index (χ0) is 15.9. The van der Waals surface area contributed by atoms with Crippen LogP contribution in [0.15, 0.2) is 0 Å². The summed E-state index contributed by atoms with van der Waals surface area (Å²) in [6.45, 7) is 8.29. The van der Waals surface area contributed by atoms with E-state index in [9.17, 15) is 9.90 Å². The van der Waals surface area contributed by atoms with Gasteiger partial charge in [-0.15, -0.1) is 0 Å². The first kappa shape index (κ1) is 18.2. The van der Waals surface area contributed by atoms with Crippen molar-refractivity contribution in [1.82, 2.24) is 4.90 Å². The Hall–Kier alpha value is -0.850. The molecule has 6 nitrogen and oxygen atoms in total. The molecule has 1 rings (SSSR count). The van der Waals surface area contributed by atoms with Crippen molar-refractivity contribution in [1.29, 1.82) is 0 Å². The average molecular weight is 303 g/mol. The molecule has 1 fully saturated rings. The van der Waals surface area contributed by atoms with Crippen LogP contribution in [0.4, 0.5) is 4.79 Å². The number of methoxy groups -OCH3 is 1. The number of ether oxygens (including phenoxy) is 3. The van der Waals surface area contributed by atoms with Crippen molar-refractivity contribution in [2.45, 2.75) is 45.3 Å². The third-order valence-electron chi connectivity index (χ3n) is 3.41. The fraction of sp³-hybridized carbons (Fsp3) is 0.933. The maximum absolute atomic E-state index is 12.1. The first-order valence-electron chi connectivity index (χ1n) is 7.56. The van der Waals surface area contributed by atoms with Crippen LogP contribution in [-0.4, -0.2) is 67.8 Å². The number of carbonyl (C=O) groups is 1. The van der Waals surface area contributed by atoms with E-state index >= 15 is 0 Å². The van der Waals surface area contributed by atoms with E-state index in [-0.39, 0.29) is 18.1 Å². The minimum atomic E-state index is -0.494. The van der Waals surface area contributed by atoms with Crippen molar-refractivity contribution in [2.75, 3.05) is 40.0 Å². The zero-order valence-electron chi connectivity index (χ0n) is 13.6. The minimum Gasteiger partial charge on any atom is -0.444 e. The summed E-state index contributed by atoms with van der Waals surface area (Å²) in [6.07, 6.45) is 0.626. The van der Waals surface area contributed by atoms with Gasteiger partial charge in [0.1, 0.15) is 5.60 Å². The largest absolute Gasteiger partial charge is 0.444 e. The van der Waals surface area contributed by atoms with Gasteiger partial charge in [0.15, 0.2) is 0 Å². The van der Waals surface area contributed by atoms with Crippen molar-refractivity contribution in [2.24, 2.45) is 5.92 Å². The number of aliphatic hydroxyl groups excluding tert-OH is 1. The van der Waals surface area contributed by atoms with E-state index in [0.717, 1.165) is 6.42 Å². The SMILES string of the molecule is COCCOCCC1CN(C(=O)OC(C)(C)C)CCC1O. The average Bonchev–Trinajstić information content (AvgIpc) is 2.38. The lowest BCUT2D eigenvalue weighted by atomic mass is 9.92. The highest BCUT2D eigenvalue weighted by atomic mass is 16.6. The van der Waals surface area contributed by atoms with Crippen LogP contribution in [-0.2, 0) is 14.2 Å². The van der Waals surface area contributed by atoms with Crippen LogP contribution < -0.4 is 0 Å². The second-order valence-corrected chi connectivity index (χ2v) is 6.44. The third-order valence-corrected chi connectivity index (χ3v) is 3.41. The van der Waals surface area contributed by atoms with Gasteiger partial charge in [0.05, 0.1) is 19.3 Å². The summed E-state index contributed by atoms with van der Waals surface area (Å²) in [4.78, 5) is 13.7. The summed E-state index contributed by atoms with van der Waals surface area (Å²) in [7, 11) is 1.63. The fourth-order valence-corrected chi connectivity index (χ4v) is 2.27. The second kappa shape index (κ2) is 8.56. The number of nitrogens with zero attached hydrogens (tertiary/aromatic N) is 1. The zero-order valence-corrected chi connectivity index (χ0v) is 13.6. The van der Waals surface area contributed by atoms with Crippen LogP contribution >= 0.6 is 0 Å². The van der Waals surface area contributed by atoms with E-state index in [0.29, 0.717) is 39.3 Å². The molecule has 21 heavy (non-hydrogen) atoms. The second-order valence-electron chi connectivity index (χ2n) is 6.44. The molecule has 0 aromatic carbocycles. The van der Waals surface area contributed by atoms with Gasteiger partial charge >= 0.3 is 6.09 Å². The highest BCUT2D eigenvalue weighted by molar-refractivity contribution is 5.68. The Bertz CT molecular complexity index is 316. The van der Waals surface area contributed by atoms with E-state index in [1.807, 2.05) is 20.8 Å². The molecule has 0 bridgehead atoms. The van der Waals surface area contributed by atoms with Gasteiger partial charge in [0, 0.05) is 32.7 Å². The van der Waals surface area contributed by atoms with Crippen molar-refractivity contribution in [3.05, 3.63) is 0 Å². The van der Waals surface area contributed by atoms with Gasteiger partial charge < -0.3 is 24.2 Å². The molecule has 1 amide bonds. The van der Waals surface area contributed by atoms with Crippen molar-refractivity contribution < 1.29 is 24.1 Å². The van der Waals surface area contributed by atoms with E-state index in [2.05, 4.69) is 0 Å². The van der Waals surface area contributed by atoms with Gasteiger partial charge in [-0.3, -0.25) is 0 Å². The predicted molar refractivity (Wildman–Crippen MR) is 79.2 cm³/mol. The van der Waals surface area contributed by atoms with E-state index in [1.54, 1.807) is 12.0 Å². The molecule has 124 valence electrons. The van der Waals surface area contributed by atoms with Crippen molar-refractivity contribution in [3.63, 3.8) is 0 Å². The first-order valence-corrected chi connectivity index (χ1v) is 7.56. The van der Waals surface area contributed by atoms with Crippen LogP contribution in [0.1, 0.15) is 33.6 Å². The van der Waals surface area contributed by atoms with Gasteiger partial charge in [0.2, 0.25) is 0 Å². The number of carbonyl (C=O) groups excluding carboxylic acids is 1. The van der Waals surface area contributed by atoms with Crippen LogP contribution in [0.5, 0.6) is 0 Å². The molecule has 2 atom stereocenters. The minimum absolute atomic E-state index is 0.0359. The molecular weight excluding hydrogens is 274 g/mol. The van der Waals surface area contributed by atoms with Crippen LogP contribution in [0.2, 0.25) is 0 Å². The molecule has 2 unspecified atom stereocenters. The van der Waals surface area contributed by atoms with Crippen molar-refractivity contribution in [3.8, 4) is 0 Å². The van der Waals surface area contributed by atoms with Gasteiger partial charge in [-0.2, -0.15) is 0 Å². The highest BCUT2D eigenvalue weighted by Crippen LogP contribution is 2.22. The van der Waals surface area contributed by atoms with Crippen LogP contribution in [0.25, 0.3) is 0 Å². The molecular formula is C15H29NO5. The topological polar surface area (TPSA) is 68.2 Å². The van der Waals surface area contributed by atoms with Gasteiger partial charge in [-0.05, 0) is 33.6 Å². The van der Waals surface area contributed by atoms with Gasteiger partial charge in [-0.1, -0.05) is 0 Å². The normalized spacial score (nSPS) is 23.2. The molecule has 0 aromatic rings. The molecule has 6 heteroatoms. The molecule has 0 radical (unpaired) electrons. The molecule has 0 aliphatic carbocycles. The van der Waals surface area contributed by atoms with Crippen molar-refractivity contribution >= 4 is 6.09 Å². The standard InChI is InChI=1S/C15H29NO5/c1-15(2,3)21-14(18)16-7-5-13(17)12(11-16)6-8-20-10-9-19-4/h12-13,17H,5-11H2,1-4H3. The summed E-state index contributed by atoms with van der Waals surface area (Å²) in [6, 6.07) is 0. The lowest BCUT2D eigenvalue weighted by molar-refractivity contribution is -0.0183. The summed E-state index contributed by atoms with van der Waals surface area (Å²) in [5.41, 5.74) is -0.494. The molecule has 1 N–H and O–H groups in total. The number of hydrogen-bond acceptors (Lipinski definition) is 5. The monoisotopic (exact) mass is 303 g/mol. The molecule has 1 aliphatic rings. The maximum atomic E-state index is 12.1. The molecule has 0 saturated carbocycles. The Morgan fingerprint density at radius 1 is 1.29 bits per heavy atom. The number of rotatable bonds is 6. The highest BCUT2D eigenvalue weighted by Gasteiger charge is 2.32. The van der Waals surface area contributed by atoms with E-state index in [1.165, 1.54) is 0 Å². The number of aliphatic hydroxyl groups is 1. The predicted octanol–water partition coefficient (Wildman–Crippen LogP) is 1.66. The Balaban J connectivity index is 2.37. The summed E-state index contributed by atoms with van der Waals surface area (Å²) < 4.78 is 15.7. The number of piperidine rings is 1. The Morgan fingerprint density at radius 2 is 2.00 bits per heavy atom. The number of hydrogen-bond donors (Lipinski definition) is 1. The Morgan fingerprint density at radius 3 is 2.62 bits per heavy atom. The van der Waals surface area contributed by atoms with Gasteiger partial charge in [0.25, 0.3) is 0 Å². The molecule has 0 spiro atoms. The summed E-state index contributed by atoms with van der Waals surface area (Å²) >= 11 is 0. The third kappa shape index (κ3) is 7.11. The molecule has 0 aromatic heterocycles. The molecule has 1 aliphatic heterocycles. The smallest absolute Gasteiger partial charge is 0.410 e. The van der Waals surface area contributed by atoms with E-state index in [4.69, 9.17) is 14.2 Å².